The van der Waals surface area contributed by atoms with E-state index in [4.69, 9.17) is 4.74 Å². The second kappa shape index (κ2) is 15.1. The van der Waals surface area contributed by atoms with Gasteiger partial charge in [-0.2, -0.15) is 0 Å². The van der Waals surface area contributed by atoms with Crippen LogP contribution in [-0.2, 0) is 16.1 Å². The summed E-state index contributed by atoms with van der Waals surface area (Å²) < 4.78 is 46.3. The third-order valence-corrected chi connectivity index (χ3v) is 7.46. The molecular weight excluding hydrogens is 537 g/mol. The SMILES string of the molecule is O=C(NC(CC1CCCCC1)C(=O)NCCNc1ccc(OC(F)(F)F)cc1)c1cccc(CN2CCOCC2)c1. The lowest BCUT2D eigenvalue weighted by Gasteiger charge is -2.27. The molecule has 1 saturated heterocycles. The molecule has 11 heteroatoms. The maximum absolute atomic E-state index is 13.3. The van der Waals surface area contributed by atoms with Gasteiger partial charge in [-0.25, -0.2) is 0 Å². The first kappa shape index (κ1) is 30.6. The van der Waals surface area contributed by atoms with E-state index in [9.17, 15) is 22.8 Å². The zero-order chi connectivity index (χ0) is 29.1. The van der Waals surface area contributed by atoms with Crippen molar-refractivity contribution in [1.29, 1.82) is 0 Å². The molecule has 3 N–H and O–H groups in total. The van der Waals surface area contributed by atoms with E-state index in [1.54, 1.807) is 6.07 Å². The van der Waals surface area contributed by atoms with Crippen molar-refractivity contribution in [3.63, 3.8) is 0 Å². The maximum Gasteiger partial charge on any atom is 0.573 e. The summed E-state index contributed by atoms with van der Waals surface area (Å²) in [6.07, 6.45) is 1.40. The Hall–Kier alpha value is -3.31. The molecule has 1 aliphatic carbocycles. The number of nitrogens with one attached hydrogen (secondary N) is 3. The number of benzene rings is 2. The zero-order valence-electron chi connectivity index (χ0n) is 23.2. The molecule has 2 aliphatic rings. The van der Waals surface area contributed by atoms with E-state index in [0.29, 0.717) is 43.3 Å². The standard InChI is InChI=1S/C30H39F3N4O4/c31-30(32,33)41-26-11-9-25(10-12-26)34-13-14-35-29(39)27(20-22-5-2-1-3-6-22)36-28(38)24-8-4-7-23(19-24)21-37-15-17-40-18-16-37/h4,7-12,19,22,27,34H,1-3,5-6,13-18,20-21H2,(H,35,39)(H,36,38). The van der Waals surface area contributed by atoms with Crippen LogP contribution in [0.3, 0.4) is 0 Å². The van der Waals surface area contributed by atoms with Crippen molar-refractivity contribution in [3.8, 4) is 5.75 Å². The van der Waals surface area contributed by atoms with Crippen LogP contribution in [0.5, 0.6) is 5.75 Å². The van der Waals surface area contributed by atoms with Gasteiger partial charge in [-0.05, 0) is 54.3 Å². The average Bonchev–Trinajstić information content (AvgIpc) is 2.96. The van der Waals surface area contributed by atoms with Gasteiger partial charge in [-0.3, -0.25) is 14.5 Å². The first-order chi connectivity index (χ1) is 19.7. The summed E-state index contributed by atoms with van der Waals surface area (Å²) in [6, 6.07) is 12.3. The van der Waals surface area contributed by atoms with Gasteiger partial charge in [-0.1, -0.05) is 44.2 Å². The summed E-state index contributed by atoms with van der Waals surface area (Å²) in [7, 11) is 0. The molecule has 41 heavy (non-hydrogen) atoms. The van der Waals surface area contributed by atoms with E-state index in [2.05, 4.69) is 25.6 Å². The summed E-state index contributed by atoms with van der Waals surface area (Å²) in [4.78, 5) is 28.8. The van der Waals surface area contributed by atoms with Gasteiger partial charge < -0.3 is 25.4 Å². The average molecular weight is 577 g/mol. The van der Waals surface area contributed by atoms with Crippen molar-refractivity contribution >= 4 is 17.5 Å². The molecular formula is C30H39F3N4O4. The molecule has 1 unspecified atom stereocenters. The third-order valence-electron chi connectivity index (χ3n) is 7.46. The minimum Gasteiger partial charge on any atom is -0.406 e. The molecule has 0 spiro atoms. The monoisotopic (exact) mass is 576 g/mol. The number of ether oxygens (including phenoxy) is 2. The smallest absolute Gasteiger partial charge is 0.406 e. The molecule has 4 rings (SSSR count). The highest BCUT2D eigenvalue weighted by molar-refractivity contribution is 5.97. The number of nitrogens with zero attached hydrogens (tertiary/aromatic N) is 1. The van der Waals surface area contributed by atoms with Gasteiger partial charge in [0.2, 0.25) is 5.91 Å². The lowest BCUT2D eigenvalue weighted by Crippen LogP contribution is -2.48. The van der Waals surface area contributed by atoms with Gasteiger partial charge in [0.05, 0.1) is 13.2 Å². The van der Waals surface area contributed by atoms with Gasteiger partial charge in [0.25, 0.3) is 5.91 Å². The Balaban J connectivity index is 1.30. The van der Waals surface area contributed by atoms with Crippen molar-refractivity contribution in [2.45, 2.75) is 57.5 Å². The second-order valence-corrected chi connectivity index (χ2v) is 10.6. The van der Waals surface area contributed by atoms with E-state index >= 15 is 0 Å². The Morgan fingerprint density at radius 1 is 1.00 bits per heavy atom. The van der Waals surface area contributed by atoms with E-state index in [0.717, 1.165) is 50.9 Å². The number of rotatable bonds is 12. The topological polar surface area (TPSA) is 91.9 Å². The number of amides is 2. The van der Waals surface area contributed by atoms with Crippen LogP contribution in [0.25, 0.3) is 0 Å². The molecule has 0 bridgehead atoms. The van der Waals surface area contributed by atoms with Gasteiger partial charge >= 0.3 is 6.36 Å². The Bertz CT molecular complexity index is 1120. The number of carbonyl (C=O) groups excluding carboxylic acids is 2. The highest BCUT2D eigenvalue weighted by Crippen LogP contribution is 2.28. The minimum absolute atomic E-state index is 0.246. The van der Waals surface area contributed by atoms with Crippen LogP contribution >= 0.6 is 0 Å². The van der Waals surface area contributed by atoms with Crippen molar-refractivity contribution in [2.75, 3.05) is 44.7 Å². The molecule has 0 aromatic heterocycles. The summed E-state index contributed by atoms with van der Waals surface area (Å²) in [5.74, 6) is -0.444. The lowest BCUT2D eigenvalue weighted by atomic mass is 9.84. The number of halogens is 3. The second-order valence-electron chi connectivity index (χ2n) is 10.6. The van der Waals surface area contributed by atoms with Crippen LogP contribution in [-0.4, -0.2) is 68.5 Å². The summed E-state index contributed by atoms with van der Waals surface area (Å²) in [5, 5.41) is 8.95. The van der Waals surface area contributed by atoms with E-state index < -0.39 is 12.4 Å². The highest BCUT2D eigenvalue weighted by Gasteiger charge is 2.31. The van der Waals surface area contributed by atoms with Crippen molar-refractivity contribution in [2.24, 2.45) is 5.92 Å². The van der Waals surface area contributed by atoms with Crippen LogP contribution in [0.1, 0.15) is 54.4 Å². The molecule has 2 amide bonds. The molecule has 1 atom stereocenters. The Kier molecular flexibility index (Phi) is 11.3. The fourth-order valence-electron chi connectivity index (χ4n) is 5.35. The summed E-state index contributed by atoms with van der Waals surface area (Å²) in [5.41, 5.74) is 2.16. The Labute approximate surface area is 239 Å². The number of hydrogen-bond acceptors (Lipinski definition) is 6. The zero-order valence-corrected chi connectivity index (χ0v) is 23.2. The molecule has 2 aromatic rings. The number of alkyl halides is 3. The first-order valence-corrected chi connectivity index (χ1v) is 14.3. The van der Waals surface area contributed by atoms with Gasteiger partial charge in [0.15, 0.2) is 0 Å². The maximum atomic E-state index is 13.3. The van der Waals surface area contributed by atoms with Crippen molar-refractivity contribution in [1.82, 2.24) is 15.5 Å². The molecule has 8 nitrogen and oxygen atoms in total. The molecule has 224 valence electrons. The van der Waals surface area contributed by atoms with E-state index in [-0.39, 0.29) is 24.1 Å². The number of anilines is 1. The fourth-order valence-corrected chi connectivity index (χ4v) is 5.35. The predicted molar refractivity (Wildman–Crippen MR) is 150 cm³/mol. The predicted octanol–water partition coefficient (Wildman–Crippen LogP) is 4.71. The minimum atomic E-state index is -4.74. The van der Waals surface area contributed by atoms with Gasteiger partial charge in [0.1, 0.15) is 11.8 Å². The van der Waals surface area contributed by atoms with E-state index in [1.165, 1.54) is 30.7 Å². The Morgan fingerprint density at radius 2 is 1.73 bits per heavy atom. The van der Waals surface area contributed by atoms with Gasteiger partial charge in [0, 0.05) is 44.0 Å². The molecule has 1 saturated carbocycles. The quantitative estimate of drug-likeness (QED) is 0.317. The lowest BCUT2D eigenvalue weighted by molar-refractivity contribution is -0.274. The molecule has 1 heterocycles. The van der Waals surface area contributed by atoms with Crippen LogP contribution in [0.2, 0.25) is 0 Å². The first-order valence-electron chi connectivity index (χ1n) is 14.3. The van der Waals surface area contributed by atoms with Crippen LogP contribution in [0.4, 0.5) is 18.9 Å². The number of morpholine rings is 1. The largest absolute Gasteiger partial charge is 0.573 e. The molecule has 2 fully saturated rings. The van der Waals surface area contributed by atoms with Crippen molar-refractivity contribution in [3.05, 3.63) is 59.7 Å². The summed E-state index contributed by atoms with van der Waals surface area (Å²) in [6.45, 7) is 4.50. The number of hydrogen-bond donors (Lipinski definition) is 3. The Morgan fingerprint density at radius 3 is 2.44 bits per heavy atom. The highest BCUT2D eigenvalue weighted by atomic mass is 19.4. The summed E-state index contributed by atoms with van der Waals surface area (Å²) >= 11 is 0. The molecule has 1 aliphatic heterocycles. The third kappa shape index (κ3) is 10.6. The van der Waals surface area contributed by atoms with E-state index in [1.807, 2.05) is 18.2 Å². The fraction of sp³-hybridized carbons (Fsp3) is 0.533. The number of carbonyl (C=O) groups is 2. The van der Waals surface area contributed by atoms with Crippen molar-refractivity contribution < 1.29 is 32.2 Å². The van der Waals surface area contributed by atoms with Crippen LogP contribution < -0.4 is 20.7 Å². The van der Waals surface area contributed by atoms with Gasteiger partial charge in [-0.15, -0.1) is 13.2 Å². The normalized spacial score (nSPS) is 17.4. The van der Waals surface area contributed by atoms with Crippen LogP contribution in [0.15, 0.2) is 48.5 Å². The molecule has 2 aromatic carbocycles. The van der Waals surface area contributed by atoms with Crippen LogP contribution in [0, 0.1) is 5.92 Å². The molecule has 0 radical (unpaired) electrons.